The van der Waals surface area contributed by atoms with Gasteiger partial charge in [0.25, 0.3) is 0 Å². The van der Waals surface area contributed by atoms with Crippen LogP contribution in [0.4, 0.5) is 5.95 Å². The Bertz CT molecular complexity index is 648. The zero-order chi connectivity index (χ0) is 14.2. The number of fused-ring (bicyclic) bond motifs is 1. The fourth-order valence-electron chi connectivity index (χ4n) is 2.54. The highest BCUT2D eigenvalue weighted by Crippen LogP contribution is 2.25. The number of H-pyrrole nitrogens is 1. The van der Waals surface area contributed by atoms with Gasteiger partial charge in [-0.05, 0) is 25.8 Å². The minimum atomic E-state index is -0.531. The first-order valence-electron chi connectivity index (χ1n) is 6.58. The first kappa shape index (κ1) is 13.3. The van der Waals surface area contributed by atoms with Crippen LogP contribution in [-0.4, -0.2) is 37.9 Å². The van der Waals surface area contributed by atoms with Gasteiger partial charge in [-0.2, -0.15) is 9.97 Å². The number of carbonyl (C=O) groups excluding carboxylic acids is 1. The Labute approximate surface area is 120 Å². The Morgan fingerprint density at radius 2 is 2.40 bits per heavy atom. The van der Waals surface area contributed by atoms with Gasteiger partial charge < -0.3 is 10.3 Å². The molecule has 2 aromatic rings. The van der Waals surface area contributed by atoms with E-state index in [1.807, 2.05) is 6.92 Å². The van der Waals surface area contributed by atoms with Crippen molar-refractivity contribution in [2.45, 2.75) is 31.7 Å². The van der Waals surface area contributed by atoms with Gasteiger partial charge in [0.15, 0.2) is 10.8 Å². The molecule has 0 spiro atoms. The Kier molecular flexibility index (Phi) is 3.31. The van der Waals surface area contributed by atoms with Gasteiger partial charge >= 0.3 is 0 Å². The molecular formula is C12H15ClN6O. The molecule has 3 rings (SSSR count). The number of halogens is 1. The van der Waals surface area contributed by atoms with E-state index in [1.54, 1.807) is 0 Å². The van der Waals surface area contributed by atoms with Crippen molar-refractivity contribution in [1.29, 1.82) is 0 Å². The second-order valence-corrected chi connectivity index (χ2v) is 5.22. The fourth-order valence-corrected chi connectivity index (χ4v) is 2.76. The summed E-state index contributed by atoms with van der Waals surface area (Å²) >= 11 is 6.03. The summed E-state index contributed by atoms with van der Waals surface area (Å²) in [4.78, 5) is 27.6. The summed E-state index contributed by atoms with van der Waals surface area (Å²) in [5, 5.41) is 6.24. The summed E-state index contributed by atoms with van der Waals surface area (Å²) < 4.78 is 0. The van der Waals surface area contributed by atoms with Crippen molar-refractivity contribution in [3.63, 3.8) is 0 Å². The summed E-state index contributed by atoms with van der Waals surface area (Å²) in [6, 6.07) is 0. The van der Waals surface area contributed by atoms with Crippen LogP contribution in [0.15, 0.2) is 6.33 Å². The molecule has 1 fully saturated rings. The summed E-state index contributed by atoms with van der Waals surface area (Å²) in [6.45, 7) is 2.84. The predicted molar refractivity (Wildman–Crippen MR) is 75.6 cm³/mol. The number of amides is 1. The van der Waals surface area contributed by atoms with E-state index in [-0.39, 0.29) is 17.0 Å². The summed E-state index contributed by atoms with van der Waals surface area (Å²) in [5.41, 5.74) is 0.468. The number of rotatable bonds is 3. The highest BCUT2D eigenvalue weighted by atomic mass is 35.5. The van der Waals surface area contributed by atoms with E-state index in [2.05, 4.69) is 30.6 Å². The standard InChI is InChI=1S/C12H15ClN6O/c1-2-12(4-3-5-16-12)10(20)19-11-17-8(13)7-9(18-11)15-6-14-7/h6,16H,2-5H2,1H3,(H2,14,15,17,18,19,20). The van der Waals surface area contributed by atoms with E-state index in [1.165, 1.54) is 6.33 Å². The third-order valence-corrected chi connectivity index (χ3v) is 4.02. The molecule has 0 radical (unpaired) electrons. The lowest BCUT2D eigenvalue weighted by molar-refractivity contribution is -0.122. The van der Waals surface area contributed by atoms with Gasteiger partial charge in [0.2, 0.25) is 11.9 Å². The van der Waals surface area contributed by atoms with E-state index in [9.17, 15) is 4.79 Å². The molecule has 1 amide bonds. The zero-order valence-corrected chi connectivity index (χ0v) is 11.8. The summed E-state index contributed by atoms with van der Waals surface area (Å²) in [5.74, 6) is 0.0598. The molecule has 1 aliphatic heterocycles. The Balaban J connectivity index is 1.87. The highest BCUT2D eigenvalue weighted by molar-refractivity contribution is 6.33. The Hall–Kier alpha value is -1.73. The molecule has 7 nitrogen and oxygen atoms in total. The number of aromatic nitrogens is 4. The van der Waals surface area contributed by atoms with Crippen molar-refractivity contribution < 1.29 is 4.79 Å². The van der Waals surface area contributed by atoms with Crippen LogP contribution in [0.25, 0.3) is 11.2 Å². The van der Waals surface area contributed by atoms with Crippen LogP contribution in [0.5, 0.6) is 0 Å². The van der Waals surface area contributed by atoms with Crippen molar-refractivity contribution >= 4 is 34.6 Å². The molecule has 2 aromatic heterocycles. The maximum absolute atomic E-state index is 12.4. The summed E-state index contributed by atoms with van der Waals surface area (Å²) in [7, 11) is 0. The molecule has 8 heteroatoms. The molecule has 0 aliphatic carbocycles. The lowest BCUT2D eigenvalue weighted by Crippen LogP contribution is -2.50. The van der Waals surface area contributed by atoms with Gasteiger partial charge in [0, 0.05) is 0 Å². The SMILES string of the molecule is CCC1(C(=O)Nc2nc(Cl)c3[nH]cnc3n2)CCCN1. The second-order valence-electron chi connectivity index (χ2n) is 4.86. The number of anilines is 1. The molecule has 1 atom stereocenters. The molecule has 1 unspecified atom stereocenters. The van der Waals surface area contributed by atoms with Gasteiger partial charge in [-0.15, -0.1) is 0 Å². The van der Waals surface area contributed by atoms with Gasteiger partial charge in [-0.3, -0.25) is 10.1 Å². The lowest BCUT2D eigenvalue weighted by Gasteiger charge is -2.26. The Morgan fingerprint density at radius 3 is 3.10 bits per heavy atom. The van der Waals surface area contributed by atoms with Crippen molar-refractivity contribution in [2.24, 2.45) is 0 Å². The second kappa shape index (κ2) is 4.99. The third kappa shape index (κ3) is 2.12. The highest BCUT2D eigenvalue weighted by Gasteiger charge is 2.39. The van der Waals surface area contributed by atoms with Gasteiger partial charge in [0.1, 0.15) is 5.52 Å². The number of nitrogens with one attached hydrogen (secondary N) is 3. The monoisotopic (exact) mass is 294 g/mol. The molecule has 1 saturated heterocycles. The minimum Gasteiger partial charge on any atom is -0.341 e. The molecule has 20 heavy (non-hydrogen) atoms. The first-order valence-corrected chi connectivity index (χ1v) is 6.95. The average Bonchev–Trinajstić information content (AvgIpc) is 3.08. The maximum Gasteiger partial charge on any atom is 0.247 e. The van der Waals surface area contributed by atoms with Crippen LogP contribution in [-0.2, 0) is 4.79 Å². The molecular weight excluding hydrogens is 280 g/mol. The van der Waals surface area contributed by atoms with Gasteiger partial charge in [-0.1, -0.05) is 18.5 Å². The normalized spacial score (nSPS) is 22.3. The summed E-state index contributed by atoms with van der Waals surface area (Å²) in [6.07, 6.45) is 4.01. The Morgan fingerprint density at radius 1 is 1.55 bits per heavy atom. The number of nitrogens with zero attached hydrogens (tertiary/aromatic N) is 3. The fraction of sp³-hybridized carbons (Fsp3) is 0.500. The molecule has 0 aromatic carbocycles. The number of aromatic amines is 1. The molecule has 106 valence electrons. The van der Waals surface area contributed by atoms with E-state index in [0.717, 1.165) is 25.8 Å². The maximum atomic E-state index is 12.4. The number of imidazole rings is 1. The van der Waals surface area contributed by atoms with Crippen molar-refractivity contribution in [3.05, 3.63) is 11.5 Å². The van der Waals surface area contributed by atoms with Crippen molar-refractivity contribution in [3.8, 4) is 0 Å². The molecule has 0 bridgehead atoms. The van der Waals surface area contributed by atoms with E-state index in [4.69, 9.17) is 11.6 Å². The topological polar surface area (TPSA) is 95.6 Å². The van der Waals surface area contributed by atoms with Crippen LogP contribution in [0.3, 0.4) is 0 Å². The smallest absolute Gasteiger partial charge is 0.247 e. The minimum absolute atomic E-state index is 0.122. The predicted octanol–water partition coefficient (Wildman–Crippen LogP) is 1.48. The lowest BCUT2D eigenvalue weighted by atomic mass is 9.93. The number of hydrogen-bond acceptors (Lipinski definition) is 5. The quantitative estimate of drug-likeness (QED) is 0.745. The van der Waals surface area contributed by atoms with E-state index in [0.29, 0.717) is 11.2 Å². The van der Waals surface area contributed by atoms with Crippen LogP contribution in [0.1, 0.15) is 26.2 Å². The van der Waals surface area contributed by atoms with Crippen LogP contribution < -0.4 is 10.6 Å². The van der Waals surface area contributed by atoms with E-state index >= 15 is 0 Å². The first-order chi connectivity index (χ1) is 9.64. The molecule has 3 heterocycles. The van der Waals surface area contributed by atoms with Crippen LogP contribution in [0.2, 0.25) is 5.15 Å². The third-order valence-electron chi connectivity index (χ3n) is 3.75. The molecule has 3 N–H and O–H groups in total. The van der Waals surface area contributed by atoms with Crippen LogP contribution in [0, 0.1) is 0 Å². The van der Waals surface area contributed by atoms with Gasteiger partial charge in [-0.25, -0.2) is 4.98 Å². The number of hydrogen-bond donors (Lipinski definition) is 3. The molecule has 0 saturated carbocycles. The average molecular weight is 295 g/mol. The zero-order valence-electron chi connectivity index (χ0n) is 11.0. The largest absolute Gasteiger partial charge is 0.341 e. The van der Waals surface area contributed by atoms with Crippen molar-refractivity contribution in [2.75, 3.05) is 11.9 Å². The van der Waals surface area contributed by atoms with Crippen molar-refractivity contribution in [1.82, 2.24) is 25.3 Å². The van der Waals surface area contributed by atoms with E-state index < -0.39 is 5.54 Å². The van der Waals surface area contributed by atoms with Crippen LogP contribution >= 0.6 is 11.6 Å². The number of carbonyl (C=O) groups is 1. The molecule has 1 aliphatic rings. The van der Waals surface area contributed by atoms with Gasteiger partial charge in [0.05, 0.1) is 11.9 Å².